The van der Waals surface area contributed by atoms with Crippen molar-refractivity contribution in [3.05, 3.63) is 24.3 Å². The number of nitrogens with zero attached hydrogens (tertiary/aromatic N) is 1. The van der Waals surface area contributed by atoms with E-state index in [0.717, 1.165) is 43.6 Å². The van der Waals surface area contributed by atoms with E-state index in [9.17, 15) is 9.59 Å². The Morgan fingerprint density at radius 2 is 2.10 bits per heavy atom. The van der Waals surface area contributed by atoms with Crippen LogP contribution in [0.4, 0.5) is 16.2 Å². The molecule has 2 N–H and O–H groups in total. The van der Waals surface area contributed by atoms with E-state index in [1.807, 2.05) is 24.3 Å². The van der Waals surface area contributed by atoms with E-state index >= 15 is 0 Å². The average Bonchev–Trinajstić information content (AvgIpc) is 3.23. The first-order chi connectivity index (χ1) is 9.72. The minimum absolute atomic E-state index is 0.163. The summed E-state index contributed by atoms with van der Waals surface area (Å²) >= 11 is 0. The van der Waals surface area contributed by atoms with E-state index in [0.29, 0.717) is 12.5 Å². The van der Waals surface area contributed by atoms with Crippen molar-refractivity contribution in [1.82, 2.24) is 5.32 Å². The Balaban J connectivity index is 1.68. The summed E-state index contributed by atoms with van der Waals surface area (Å²) in [7, 11) is 0. The maximum atomic E-state index is 11.9. The summed E-state index contributed by atoms with van der Waals surface area (Å²) in [5, 5.41) is 5.70. The Bertz CT molecular complexity index is 526. The molecule has 0 bridgehead atoms. The molecule has 1 saturated heterocycles. The van der Waals surface area contributed by atoms with Crippen molar-refractivity contribution < 1.29 is 9.59 Å². The fraction of sp³-hybridized carbons (Fsp3) is 0.467. The molecule has 0 unspecified atom stereocenters. The maximum Gasteiger partial charge on any atom is 0.319 e. The van der Waals surface area contributed by atoms with Gasteiger partial charge in [0.05, 0.1) is 0 Å². The SMILES string of the molecule is O=C(Nc1cccc(N2CCCCC2=O)c1)NC1CC1. The van der Waals surface area contributed by atoms with E-state index in [1.54, 1.807) is 4.90 Å². The Hall–Kier alpha value is -2.04. The molecule has 2 fully saturated rings. The number of amides is 3. The lowest BCUT2D eigenvalue weighted by Crippen LogP contribution is -2.35. The van der Waals surface area contributed by atoms with Crippen molar-refractivity contribution in [2.24, 2.45) is 0 Å². The minimum Gasteiger partial charge on any atom is -0.335 e. The quantitative estimate of drug-likeness (QED) is 0.888. The van der Waals surface area contributed by atoms with Gasteiger partial charge in [0.15, 0.2) is 0 Å². The molecule has 1 aromatic carbocycles. The maximum absolute atomic E-state index is 11.9. The van der Waals surface area contributed by atoms with Crippen LogP contribution in [0.2, 0.25) is 0 Å². The Morgan fingerprint density at radius 3 is 2.85 bits per heavy atom. The van der Waals surface area contributed by atoms with Gasteiger partial charge in [-0.3, -0.25) is 4.79 Å². The molecule has 2 aliphatic rings. The van der Waals surface area contributed by atoms with Crippen LogP contribution in [0.3, 0.4) is 0 Å². The fourth-order valence-corrected chi connectivity index (χ4v) is 2.41. The second-order valence-electron chi connectivity index (χ2n) is 5.43. The fourth-order valence-electron chi connectivity index (χ4n) is 2.41. The zero-order valence-corrected chi connectivity index (χ0v) is 11.4. The summed E-state index contributed by atoms with van der Waals surface area (Å²) in [6.07, 6.45) is 4.74. The van der Waals surface area contributed by atoms with Crippen LogP contribution in [-0.4, -0.2) is 24.5 Å². The standard InChI is InChI=1S/C15H19N3O2/c19-14-6-1-2-9-18(14)13-5-3-4-12(10-13)17-15(20)16-11-7-8-11/h3-5,10-11H,1-2,6-9H2,(H2,16,17,20). The van der Waals surface area contributed by atoms with Gasteiger partial charge in [-0.05, 0) is 43.9 Å². The van der Waals surface area contributed by atoms with E-state index in [2.05, 4.69) is 10.6 Å². The summed E-state index contributed by atoms with van der Waals surface area (Å²) in [5.41, 5.74) is 1.58. The molecule has 5 nitrogen and oxygen atoms in total. The summed E-state index contributed by atoms with van der Waals surface area (Å²) < 4.78 is 0. The molecule has 0 aromatic heterocycles. The molecule has 3 rings (SSSR count). The van der Waals surface area contributed by atoms with Gasteiger partial charge in [0.1, 0.15) is 0 Å². The van der Waals surface area contributed by atoms with Crippen LogP contribution >= 0.6 is 0 Å². The average molecular weight is 273 g/mol. The molecule has 0 atom stereocenters. The normalized spacial score (nSPS) is 18.8. The third-order valence-electron chi connectivity index (χ3n) is 3.65. The number of benzene rings is 1. The lowest BCUT2D eigenvalue weighted by molar-refractivity contribution is -0.119. The van der Waals surface area contributed by atoms with Crippen molar-refractivity contribution in [2.75, 3.05) is 16.8 Å². The predicted octanol–water partition coefficient (Wildman–Crippen LogP) is 2.49. The van der Waals surface area contributed by atoms with Gasteiger partial charge in [0.25, 0.3) is 0 Å². The number of urea groups is 1. The molecule has 0 radical (unpaired) electrons. The molecular formula is C15H19N3O2. The van der Waals surface area contributed by atoms with Crippen LogP contribution in [0.15, 0.2) is 24.3 Å². The van der Waals surface area contributed by atoms with Crippen molar-refractivity contribution in [1.29, 1.82) is 0 Å². The van der Waals surface area contributed by atoms with Crippen LogP contribution in [0.1, 0.15) is 32.1 Å². The summed E-state index contributed by atoms with van der Waals surface area (Å²) in [6.45, 7) is 0.760. The smallest absolute Gasteiger partial charge is 0.319 e. The van der Waals surface area contributed by atoms with Crippen LogP contribution < -0.4 is 15.5 Å². The summed E-state index contributed by atoms with van der Waals surface area (Å²) in [5.74, 6) is 0.163. The predicted molar refractivity (Wildman–Crippen MR) is 77.8 cm³/mol. The topological polar surface area (TPSA) is 61.4 Å². The Kier molecular flexibility index (Phi) is 3.58. The number of anilines is 2. The Labute approximate surface area is 118 Å². The van der Waals surface area contributed by atoms with Crippen molar-refractivity contribution in [3.63, 3.8) is 0 Å². The van der Waals surface area contributed by atoms with Crippen LogP contribution in [0, 0.1) is 0 Å². The number of hydrogen-bond donors (Lipinski definition) is 2. The molecule has 3 amide bonds. The summed E-state index contributed by atoms with van der Waals surface area (Å²) in [6, 6.07) is 7.63. The second-order valence-corrected chi connectivity index (χ2v) is 5.43. The first-order valence-corrected chi connectivity index (χ1v) is 7.20. The monoisotopic (exact) mass is 273 g/mol. The number of rotatable bonds is 3. The second kappa shape index (κ2) is 5.53. The minimum atomic E-state index is -0.172. The van der Waals surface area contributed by atoms with E-state index in [4.69, 9.17) is 0 Å². The molecule has 1 aromatic rings. The largest absolute Gasteiger partial charge is 0.335 e. The molecule has 1 aliphatic carbocycles. The van der Waals surface area contributed by atoms with Gasteiger partial charge in [0, 0.05) is 30.4 Å². The van der Waals surface area contributed by atoms with E-state index < -0.39 is 0 Å². The van der Waals surface area contributed by atoms with Gasteiger partial charge in [-0.1, -0.05) is 6.07 Å². The third-order valence-corrected chi connectivity index (χ3v) is 3.65. The molecule has 1 heterocycles. The summed E-state index contributed by atoms with van der Waals surface area (Å²) in [4.78, 5) is 25.4. The number of piperidine rings is 1. The van der Waals surface area contributed by atoms with Crippen LogP contribution in [0.25, 0.3) is 0 Å². The number of nitrogens with one attached hydrogen (secondary N) is 2. The molecule has 0 spiro atoms. The Morgan fingerprint density at radius 1 is 1.25 bits per heavy atom. The van der Waals surface area contributed by atoms with Crippen molar-refractivity contribution >= 4 is 23.3 Å². The lowest BCUT2D eigenvalue weighted by atomic mass is 10.1. The molecular weight excluding hydrogens is 254 g/mol. The first-order valence-electron chi connectivity index (χ1n) is 7.20. The zero-order valence-electron chi connectivity index (χ0n) is 11.4. The number of hydrogen-bond acceptors (Lipinski definition) is 2. The first kappa shape index (κ1) is 13.0. The molecule has 20 heavy (non-hydrogen) atoms. The van der Waals surface area contributed by atoms with Crippen LogP contribution in [-0.2, 0) is 4.79 Å². The highest BCUT2D eigenvalue weighted by Crippen LogP contribution is 2.24. The highest BCUT2D eigenvalue weighted by atomic mass is 16.2. The highest BCUT2D eigenvalue weighted by molar-refractivity contribution is 5.95. The molecule has 5 heteroatoms. The highest BCUT2D eigenvalue weighted by Gasteiger charge is 2.23. The van der Waals surface area contributed by atoms with Gasteiger partial charge in [-0.2, -0.15) is 0 Å². The molecule has 1 saturated carbocycles. The number of carbonyl (C=O) groups excluding carboxylic acids is 2. The van der Waals surface area contributed by atoms with Gasteiger partial charge >= 0.3 is 6.03 Å². The van der Waals surface area contributed by atoms with E-state index in [1.165, 1.54) is 0 Å². The lowest BCUT2D eigenvalue weighted by Gasteiger charge is -2.27. The van der Waals surface area contributed by atoms with Gasteiger partial charge in [-0.15, -0.1) is 0 Å². The number of carbonyl (C=O) groups is 2. The van der Waals surface area contributed by atoms with Gasteiger partial charge in [0.2, 0.25) is 5.91 Å². The van der Waals surface area contributed by atoms with Crippen molar-refractivity contribution in [3.8, 4) is 0 Å². The van der Waals surface area contributed by atoms with E-state index in [-0.39, 0.29) is 11.9 Å². The third kappa shape index (κ3) is 3.10. The molecule has 106 valence electrons. The van der Waals surface area contributed by atoms with Gasteiger partial charge < -0.3 is 15.5 Å². The zero-order chi connectivity index (χ0) is 13.9. The van der Waals surface area contributed by atoms with Crippen molar-refractivity contribution in [2.45, 2.75) is 38.1 Å². The van der Waals surface area contributed by atoms with Gasteiger partial charge in [-0.25, -0.2) is 4.79 Å². The van der Waals surface area contributed by atoms with Crippen LogP contribution in [0.5, 0.6) is 0 Å². The molecule has 1 aliphatic heterocycles.